The summed E-state index contributed by atoms with van der Waals surface area (Å²) in [6.45, 7) is 10.3. The number of carboxylic acid groups (broad SMARTS) is 1. The Morgan fingerprint density at radius 1 is 0.966 bits per heavy atom. The maximum atomic E-state index is 11.8. The highest BCUT2D eigenvalue weighted by Crippen LogP contribution is 2.15. The molecule has 0 bridgehead atoms. The van der Waals surface area contributed by atoms with Crippen molar-refractivity contribution in [3.8, 4) is 5.75 Å². The van der Waals surface area contributed by atoms with Crippen LogP contribution in [0.3, 0.4) is 0 Å². The molecule has 0 aliphatic carbocycles. The van der Waals surface area contributed by atoms with Crippen molar-refractivity contribution >= 4 is 18.0 Å². The number of ether oxygens (including phenoxy) is 3. The number of alkyl carbamates (subject to hydrolysis) is 1. The smallest absolute Gasteiger partial charge is 0.408 e. The van der Waals surface area contributed by atoms with E-state index in [9.17, 15) is 19.5 Å². The van der Waals surface area contributed by atoms with Gasteiger partial charge in [-0.3, -0.25) is 0 Å². The van der Waals surface area contributed by atoms with Gasteiger partial charge in [0.15, 0.2) is 6.61 Å². The number of nitrogens with one attached hydrogen (secondary N) is 1. The molecule has 1 aromatic rings. The molecule has 0 aromatic heterocycles. The number of aryl methyl sites for hydroxylation is 1. The van der Waals surface area contributed by atoms with E-state index in [0.29, 0.717) is 12.2 Å². The van der Waals surface area contributed by atoms with Gasteiger partial charge < -0.3 is 24.6 Å². The van der Waals surface area contributed by atoms with Crippen molar-refractivity contribution in [1.82, 2.24) is 5.32 Å². The number of carboxylic acids is 1. The number of carbonyl (C=O) groups excluding carboxylic acids is 2. The molecule has 1 rings (SSSR count). The lowest BCUT2D eigenvalue weighted by atomic mass is 10.1. The number of benzene rings is 1. The van der Waals surface area contributed by atoms with Gasteiger partial charge in [-0.2, -0.15) is 0 Å². The van der Waals surface area contributed by atoms with Crippen molar-refractivity contribution in [1.29, 1.82) is 0 Å². The average molecular weight is 409 g/mol. The minimum absolute atomic E-state index is 0.197. The maximum absolute atomic E-state index is 11.8. The molecular formula is C21H31NO7. The van der Waals surface area contributed by atoms with Gasteiger partial charge in [0, 0.05) is 0 Å². The zero-order valence-corrected chi connectivity index (χ0v) is 17.9. The van der Waals surface area contributed by atoms with Crippen LogP contribution < -0.4 is 10.1 Å². The van der Waals surface area contributed by atoms with Crippen LogP contribution in [0.15, 0.2) is 24.3 Å². The summed E-state index contributed by atoms with van der Waals surface area (Å²) >= 11 is 0. The van der Waals surface area contributed by atoms with Crippen LogP contribution in [-0.4, -0.2) is 47.0 Å². The molecule has 0 radical (unpaired) electrons. The standard InChI is InChI=1S/C21H31NO7/c1-20(2,3)28-17(23)13-27-15-10-7-14(8-11-15)9-12-16(18(24)25)22-19(26)29-21(4,5)6/h7-8,10-11,16H,9,12-13H2,1-6H3,(H,22,26)(H,24,25). The van der Waals surface area contributed by atoms with E-state index in [2.05, 4.69) is 5.32 Å². The number of rotatable bonds is 8. The maximum Gasteiger partial charge on any atom is 0.408 e. The molecule has 8 heteroatoms. The molecule has 1 amide bonds. The molecule has 0 saturated heterocycles. The van der Waals surface area contributed by atoms with Crippen LogP contribution >= 0.6 is 0 Å². The number of hydrogen-bond acceptors (Lipinski definition) is 6. The van der Waals surface area contributed by atoms with Crippen molar-refractivity contribution in [2.75, 3.05) is 6.61 Å². The minimum atomic E-state index is -1.13. The van der Waals surface area contributed by atoms with E-state index in [1.165, 1.54) is 0 Å². The molecule has 8 nitrogen and oxygen atoms in total. The molecule has 0 aliphatic heterocycles. The Hall–Kier alpha value is -2.77. The summed E-state index contributed by atoms with van der Waals surface area (Å²) in [7, 11) is 0. The number of esters is 1. The van der Waals surface area contributed by atoms with E-state index < -0.39 is 35.3 Å². The Bertz CT molecular complexity index is 699. The highest BCUT2D eigenvalue weighted by atomic mass is 16.6. The molecule has 1 aromatic carbocycles. The third-order valence-corrected chi connectivity index (χ3v) is 3.41. The van der Waals surface area contributed by atoms with Gasteiger partial charge in [0.05, 0.1) is 0 Å². The van der Waals surface area contributed by atoms with Crippen molar-refractivity contribution in [2.24, 2.45) is 0 Å². The van der Waals surface area contributed by atoms with Crippen molar-refractivity contribution < 1.29 is 33.7 Å². The highest BCUT2D eigenvalue weighted by molar-refractivity contribution is 5.80. The van der Waals surface area contributed by atoms with E-state index in [-0.39, 0.29) is 13.0 Å². The minimum Gasteiger partial charge on any atom is -0.482 e. The van der Waals surface area contributed by atoms with Crippen LogP contribution in [0.5, 0.6) is 5.75 Å². The third kappa shape index (κ3) is 11.0. The molecule has 1 unspecified atom stereocenters. The van der Waals surface area contributed by atoms with Gasteiger partial charge in [-0.25, -0.2) is 14.4 Å². The zero-order valence-electron chi connectivity index (χ0n) is 17.9. The first-order chi connectivity index (χ1) is 13.2. The fraction of sp³-hybridized carbons (Fsp3) is 0.571. The summed E-state index contributed by atoms with van der Waals surface area (Å²) in [5, 5.41) is 11.7. The first-order valence-electron chi connectivity index (χ1n) is 9.41. The summed E-state index contributed by atoms with van der Waals surface area (Å²) < 4.78 is 15.7. The first-order valence-corrected chi connectivity index (χ1v) is 9.41. The summed E-state index contributed by atoms with van der Waals surface area (Å²) in [6, 6.07) is 5.87. The molecule has 1 atom stereocenters. The van der Waals surface area contributed by atoms with E-state index in [0.717, 1.165) is 5.56 Å². The molecule has 0 aliphatic rings. The first kappa shape index (κ1) is 24.3. The predicted molar refractivity (Wildman–Crippen MR) is 107 cm³/mol. The molecular weight excluding hydrogens is 378 g/mol. The largest absolute Gasteiger partial charge is 0.482 e. The number of aliphatic carboxylic acids is 1. The van der Waals surface area contributed by atoms with E-state index in [4.69, 9.17) is 14.2 Å². The Morgan fingerprint density at radius 2 is 1.52 bits per heavy atom. The second kappa shape index (κ2) is 10.1. The van der Waals surface area contributed by atoms with Gasteiger partial charge in [0.2, 0.25) is 0 Å². The quantitative estimate of drug-likeness (QED) is 0.634. The van der Waals surface area contributed by atoms with Crippen LogP contribution in [0.1, 0.15) is 53.5 Å². The Morgan fingerprint density at radius 3 is 2.00 bits per heavy atom. The lowest BCUT2D eigenvalue weighted by Gasteiger charge is -2.22. The van der Waals surface area contributed by atoms with Crippen LogP contribution in [0, 0.1) is 0 Å². The normalized spacial score (nSPS) is 12.6. The lowest BCUT2D eigenvalue weighted by molar-refractivity contribution is -0.157. The SMILES string of the molecule is CC(C)(C)OC(=O)COc1ccc(CCC(NC(=O)OC(C)(C)C)C(=O)O)cc1. The third-order valence-electron chi connectivity index (χ3n) is 3.41. The van der Waals surface area contributed by atoms with Crippen LogP contribution in [0.25, 0.3) is 0 Å². The van der Waals surface area contributed by atoms with Gasteiger partial charge >= 0.3 is 18.0 Å². The molecule has 2 N–H and O–H groups in total. The monoisotopic (exact) mass is 409 g/mol. The lowest BCUT2D eigenvalue weighted by Crippen LogP contribution is -2.43. The molecule has 29 heavy (non-hydrogen) atoms. The van der Waals surface area contributed by atoms with Crippen molar-refractivity contribution in [3.05, 3.63) is 29.8 Å². The molecule has 0 saturated carbocycles. The average Bonchev–Trinajstić information content (AvgIpc) is 2.54. The molecule has 0 spiro atoms. The number of hydrogen-bond donors (Lipinski definition) is 2. The molecule has 162 valence electrons. The Labute approximate surface area is 171 Å². The van der Waals surface area contributed by atoms with Gasteiger partial charge in [-0.05, 0) is 72.1 Å². The molecule has 0 fully saturated rings. The van der Waals surface area contributed by atoms with Gasteiger partial charge in [0.25, 0.3) is 0 Å². The Balaban J connectivity index is 2.53. The van der Waals surface area contributed by atoms with E-state index in [1.807, 2.05) is 0 Å². The van der Waals surface area contributed by atoms with E-state index in [1.54, 1.807) is 65.8 Å². The second-order valence-electron chi connectivity index (χ2n) is 8.59. The highest BCUT2D eigenvalue weighted by Gasteiger charge is 2.23. The summed E-state index contributed by atoms with van der Waals surface area (Å²) in [4.78, 5) is 34.8. The summed E-state index contributed by atoms with van der Waals surface area (Å²) in [5.74, 6) is -1.09. The number of carbonyl (C=O) groups is 3. The van der Waals surface area contributed by atoms with Gasteiger partial charge in [0.1, 0.15) is 23.0 Å². The predicted octanol–water partition coefficient (Wildman–Crippen LogP) is 3.32. The van der Waals surface area contributed by atoms with Crippen molar-refractivity contribution in [2.45, 2.75) is 71.6 Å². The van der Waals surface area contributed by atoms with Crippen LogP contribution in [0.2, 0.25) is 0 Å². The topological polar surface area (TPSA) is 111 Å². The summed E-state index contributed by atoms with van der Waals surface area (Å²) in [6.07, 6.45) is -0.137. The molecule has 0 heterocycles. The van der Waals surface area contributed by atoms with Crippen LogP contribution in [-0.2, 0) is 25.5 Å². The van der Waals surface area contributed by atoms with Gasteiger partial charge in [-0.1, -0.05) is 12.1 Å². The summed E-state index contributed by atoms with van der Waals surface area (Å²) in [5.41, 5.74) is -0.410. The Kier molecular flexibility index (Phi) is 8.48. The fourth-order valence-electron chi connectivity index (χ4n) is 2.28. The van der Waals surface area contributed by atoms with Crippen molar-refractivity contribution in [3.63, 3.8) is 0 Å². The second-order valence-corrected chi connectivity index (χ2v) is 8.59. The number of amides is 1. The van der Waals surface area contributed by atoms with E-state index >= 15 is 0 Å². The van der Waals surface area contributed by atoms with Crippen LogP contribution in [0.4, 0.5) is 4.79 Å². The fourth-order valence-corrected chi connectivity index (χ4v) is 2.28. The van der Waals surface area contributed by atoms with Gasteiger partial charge in [-0.15, -0.1) is 0 Å². The zero-order chi connectivity index (χ0) is 22.2.